The molecule has 274 valence electrons. The first-order valence-electron chi connectivity index (χ1n) is 18.7. The molecule has 0 saturated carbocycles. The number of ether oxygens (including phenoxy) is 2. The maximum atomic E-state index is 13.7. The van der Waals surface area contributed by atoms with Crippen LogP contribution in [0.2, 0.25) is 0 Å². The molecule has 3 aromatic carbocycles. The van der Waals surface area contributed by atoms with Gasteiger partial charge in [-0.3, -0.25) is 14.5 Å². The number of aromatic nitrogens is 1. The second-order valence-electron chi connectivity index (χ2n) is 14.0. The number of fused-ring (bicyclic) bond motifs is 1. The highest BCUT2D eigenvalue weighted by molar-refractivity contribution is 5.87. The molecule has 6 rings (SSSR count). The number of unbranched alkanes of at least 4 members (excludes halogenated alkanes) is 2. The van der Waals surface area contributed by atoms with Gasteiger partial charge in [0.05, 0.1) is 24.8 Å². The first-order valence-corrected chi connectivity index (χ1v) is 18.7. The predicted molar refractivity (Wildman–Crippen MR) is 205 cm³/mol. The number of nitrogens with zero attached hydrogens (tertiary/aromatic N) is 1. The minimum absolute atomic E-state index is 0.0256. The van der Waals surface area contributed by atoms with Gasteiger partial charge in [0.25, 0.3) is 0 Å². The average molecular weight is 706 g/mol. The van der Waals surface area contributed by atoms with Crippen LogP contribution >= 0.6 is 0 Å². The number of phenolic OH excluding ortho intramolecular Hbond substituents is 1. The van der Waals surface area contributed by atoms with E-state index in [0.717, 1.165) is 88.0 Å². The minimum Gasteiger partial charge on any atom is -0.506 e. The molecule has 1 aliphatic heterocycles. The number of rotatable bonds is 17. The third-order valence-electron chi connectivity index (χ3n) is 10.1. The minimum atomic E-state index is -0.785. The molecule has 0 spiro atoms. The van der Waals surface area contributed by atoms with Gasteiger partial charge in [0.2, 0.25) is 5.56 Å². The van der Waals surface area contributed by atoms with Crippen molar-refractivity contribution < 1.29 is 24.5 Å². The van der Waals surface area contributed by atoms with Crippen LogP contribution in [0.5, 0.6) is 11.5 Å². The fraction of sp³-hybridized carbons (Fsp3) is 0.395. The largest absolute Gasteiger partial charge is 0.506 e. The number of carbonyl (C=O) groups is 1. The van der Waals surface area contributed by atoms with Crippen LogP contribution in [0.15, 0.2) is 107 Å². The van der Waals surface area contributed by atoms with Crippen molar-refractivity contribution in [3.8, 4) is 11.5 Å². The molecular formula is C43H51N3O6. The molecule has 4 N–H and O–H groups in total. The number of aromatic hydroxyl groups is 1. The number of pyridine rings is 1. The molecule has 1 aromatic heterocycles. The number of esters is 1. The Labute approximate surface area is 306 Å². The maximum absolute atomic E-state index is 13.7. The fourth-order valence-corrected chi connectivity index (χ4v) is 7.18. The van der Waals surface area contributed by atoms with Crippen LogP contribution in [-0.4, -0.2) is 72.0 Å². The van der Waals surface area contributed by atoms with E-state index in [1.165, 1.54) is 17.7 Å². The van der Waals surface area contributed by atoms with Gasteiger partial charge < -0.3 is 30.0 Å². The second-order valence-corrected chi connectivity index (χ2v) is 14.0. The lowest BCUT2D eigenvalue weighted by Gasteiger charge is -2.32. The number of nitrogens with one attached hydrogen (secondary N) is 2. The number of aromatic amines is 1. The van der Waals surface area contributed by atoms with E-state index < -0.39 is 12.0 Å². The summed E-state index contributed by atoms with van der Waals surface area (Å²) in [6.07, 6.45) is 13.0. The maximum Gasteiger partial charge on any atom is 0.317 e. The van der Waals surface area contributed by atoms with Crippen molar-refractivity contribution >= 4 is 16.9 Å². The number of H-pyrrole nitrogens is 1. The van der Waals surface area contributed by atoms with Gasteiger partial charge in [-0.15, -0.1) is 0 Å². The van der Waals surface area contributed by atoms with Gasteiger partial charge in [-0.1, -0.05) is 72.3 Å². The Bertz CT molecular complexity index is 1880. The summed E-state index contributed by atoms with van der Waals surface area (Å²) in [4.78, 5) is 30.5. The normalized spacial score (nSPS) is 16.4. The Morgan fingerprint density at radius 2 is 1.79 bits per heavy atom. The highest BCUT2D eigenvalue weighted by Crippen LogP contribution is 2.31. The number of phenols is 1. The molecule has 1 fully saturated rings. The van der Waals surface area contributed by atoms with Crippen LogP contribution in [0, 0.1) is 5.92 Å². The van der Waals surface area contributed by atoms with Gasteiger partial charge in [-0.25, -0.2) is 0 Å². The van der Waals surface area contributed by atoms with Crippen molar-refractivity contribution in [2.24, 2.45) is 5.92 Å². The van der Waals surface area contributed by atoms with E-state index in [2.05, 4.69) is 33.4 Å². The molecule has 2 aliphatic rings. The Kier molecular flexibility index (Phi) is 13.3. The number of hydrogen-bond donors (Lipinski definition) is 4. The van der Waals surface area contributed by atoms with E-state index in [-0.39, 0.29) is 17.3 Å². The highest BCUT2D eigenvalue weighted by Gasteiger charge is 2.27. The molecule has 0 radical (unpaired) electrons. The summed E-state index contributed by atoms with van der Waals surface area (Å²) in [5, 5.41) is 24.8. The van der Waals surface area contributed by atoms with E-state index in [1.807, 2.05) is 54.6 Å². The lowest BCUT2D eigenvalue weighted by molar-refractivity contribution is -0.146. The average Bonchev–Trinajstić information content (AvgIpc) is 3.17. The van der Waals surface area contributed by atoms with Crippen molar-refractivity contribution in [3.63, 3.8) is 0 Å². The van der Waals surface area contributed by atoms with Crippen molar-refractivity contribution in [2.45, 2.75) is 57.0 Å². The second kappa shape index (κ2) is 18.7. The zero-order valence-electron chi connectivity index (χ0n) is 29.8. The molecule has 52 heavy (non-hydrogen) atoms. The van der Waals surface area contributed by atoms with E-state index in [9.17, 15) is 19.8 Å². The van der Waals surface area contributed by atoms with Gasteiger partial charge >= 0.3 is 5.97 Å². The number of aliphatic hydroxyl groups excluding tert-OH is 1. The zero-order valence-corrected chi connectivity index (χ0v) is 29.8. The summed E-state index contributed by atoms with van der Waals surface area (Å²) in [6.45, 7) is 5.19. The Morgan fingerprint density at radius 3 is 2.60 bits per heavy atom. The fourth-order valence-electron chi connectivity index (χ4n) is 7.18. The van der Waals surface area contributed by atoms with Gasteiger partial charge in [-0.2, -0.15) is 0 Å². The third-order valence-corrected chi connectivity index (χ3v) is 10.1. The van der Waals surface area contributed by atoms with Crippen molar-refractivity contribution in [2.75, 3.05) is 45.9 Å². The standard InChI is InChI=1S/C43H51N3O6/c47-38-19-17-36(37-18-20-40(49)45-42(37)38)39(48)28-44-23-8-3-9-26-51-35-16-10-15-34(27-35)41(33-13-6-2-7-14-33)43(50)52-30-32-21-24-46(25-22-32)29-31-11-4-1-5-12-31/h1-2,4,6-7,10-11,13-20,27,32,39,41,44,47-48H,3,5,8-9,12,21-26,28-30H2,(H,45,49). The molecule has 1 aliphatic carbocycles. The molecule has 2 heterocycles. The summed E-state index contributed by atoms with van der Waals surface area (Å²) in [6, 6.07) is 23.8. The Balaban J connectivity index is 0.933. The van der Waals surface area contributed by atoms with Crippen LogP contribution in [0.3, 0.4) is 0 Å². The Morgan fingerprint density at radius 1 is 0.962 bits per heavy atom. The highest BCUT2D eigenvalue weighted by atomic mass is 16.5. The summed E-state index contributed by atoms with van der Waals surface area (Å²) < 4.78 is 12.2. The predicted octanol–water partition coefficient (Wildman–Crippen LogP) is 6.77. The smallest absolute Gasteiger partial charge is 0.317 e. The first-order chi connectivity index (χ1) is 25.4. The van der Waals surface area contributed by atoms with Crippen molar-refractivity contribution in [1.29, 1.82) is 0 Å². The van der Waals surface area contributed by atoms with Gasteiger partial charge in [0, 0.05) is 24.5 Å². The molecular weight excluding hydrogens is 654 g/mol. The topological polar surface area (TPSA) is 124 Å². The quantitative estimate of drug-likeness (QED) is 0.0702. The Hall–Kier alpha value is -4.70. The molecule has 1 saturated heterocycles. The number of likely N-dealkylation sites (tertiary alicyclic amines) is 1. The van der Waals surface area contributed by atoms with Gasteiger partial charge in [0.1, 0.15) is 17.4 Å². The number of hydrogen-bond acceptors (Lipinski definition) is 8. The van der Waals surface area contributed by atoms with E-state index >= 15 is 0 Å². The lowest BCUT2D eigenvalue weighted by Crippen LogP contribution is -2.37. The number of carbonyl (C=O) groups excluding carboxylic acids is 1. The summed E-state index contributed by atoms with van der Waals surface area (Å²) in [7, 11) is 0. The van der Waals surface area contributed by atoms with E-state index in [0.29, 0.717) is 42.1 Å². The van der Waals surface area contributed by atoms with Crippen LogP contribution in [0.25, 0.3) is 10.9 Å². The van der Waals surface area contributed by atoms with Gasteiger partial charge in [0.15, 0.2) is 0 Å². The SMILES string of the molecule is O=C(OCC1CCN(CC2=CC=CCC2)CC1)C(c1ccccc1)c1cccc(OCCCCCNCC(O)c2ccc(O)c3[nH]c(=O)ccc23)c1. The summed E-state index contributed by atoms with van der Waals surface area (Å²) in [5.41, 5.74) is 3.93. The molecule has 4 aromatic rings. The third kappa shape index (κ3) is 10.2. The summed E-state index contributed by atoms with van der Waals surface area (Å²) >= 11 is 0. The molecule has 2 unspecified atom stereocenters. The van der Waals surface area contributed by atoms with Crippen LogP contribution in [-0.2, 0) is 9.53 Å². The molecule has 0 bridgehead atoms. The number of benzene rings is 3. The monoisotopic (exact) mass is 705 g/mol. The number of piperidine rings is 1. The zero-order chi connectivity index (χ0) is 36.1. The van der Waals surface area contributed by atoms with Crippen molar-refractivity contribution in [1.82, 2.24) is 15.2 Å². The number of allylic oxidation sites excluding steroid dienone is 3. The van der Waals surface area contributed by atoms with E-state index in [4.69, 9.17) is 9.47 Å². The summed E-state index contributed by atoms with van der Waals surface area (Å²) in [5.74, 6) is 0.322. The van der Waals surface area contributed by atoms with Crippen molar-refractivity contribution in [3.05, 3.63) is 130 Å². The molecule has 2 atom stereocenters. The molecule has 9 heteroatoms. The molecule has 9 nitrogen and oxygen atoms in total. The van der Waals surface area contributed by atoms with Crippen LogP contribution in [0.4, 0.5) is 0 Å². The van der Waals surface area contributed by atoms with E-state index in [1.54, 1.807) is 12.1 Å². The lowest BCUT2D eigenvalue weighted by atomic mass is 9.91. The van der Waals surface area contributed by atoms with Crippen LogP contribution < -0.4 is 15.6 Å². The van der Waals surface area contributed by atoms with Crippen LogP contribution in [0.1, 0.15) is 73.7 Å². The number of aliphatic hydroxyl groups is 1. The van der Waals surface area contributed by atoms with Gasteiger partial charge in [-0.05, 0) is 111 Å². The first kappa shape index (κ1) is 37.1. The molecule has 0 amide bonds.